The SMILES string of the molecule is CO[C@H]1/C=C/O[C@@]2(C)Oc3c(C)c(O)c4c(c3C2=O)C(=O)C(N2CCC(N(C)C[C@@H]3CCN(c5c(F)cn6c(=O)c(C(=O)O)cc(C7CC7)c6c5C)C3)CC2)=C(NC(=O)/C(C)=C\C=C\[C@H](C)[C@H](O)[C@@H](C)[C@@H](O)[C@@H](C)[C@H](OC(C)=O)[C@@H]1C)C4=O. The zero-order valence-electron chi connectivity index (χ0n) is 48.9. The van der Waals surface area contributed by atoms with Gasteiger partial charge in [-0.1, -0.05) is 45.9 Å². The van der Waals surface area contributed by atoms with Crippen molar-refractivity contribution in [2.75, 3.05) is 51.8 Å². The highest BCUT2D eigenvalue weighted by atomic mass is 19.1. The summed E-state index contributed by atoms with van der Waals surface area (Å²) in [4.78, 5) is 103. The fraction of sp³-hybridized carbons (Fsp3) is 0.532. The molecule has 10 rings (SSSR count). The van der Waals surface area contributed by atoms with E-state index >= 15 is 14.0 Å². The first kappa shape index (κ1) is 60.4. The molecule has 0 radical (unpaired) electrons. The molecule has 10 atom stereocenters. The zero-order chi connectivity index (χ0) is 60.4. The normalized spacial score (nSPS) is 29.9. The number of carbonyl (C=O) groups is 6. The molecule has 7 aliphatic rings. The number of rotatable bonds is 9. The fourth-order valence-corrected chi connectivity index (χ4v) is 13.1. The van der Waals surface area contributed by atoms with Crippen LogP contribution >= 0.6 is 0 Å². The number of amides is 1. The van der Waals surface area contributed by atoms with Crippen molar-refractivity contribution in [2.45, 2.75) is 137 Å². The molecule has 0 spiro atoms. The van der Waals surface area contributed by atoms with Gasteiger partial charge in [0, 0.05) is 94.5 Å². The smallest absolute Gasteiger partial charge is 0.341 e. The molecular formula is C62H76FN5O15. The summed E-state index contributed by atoms with van der Waals surface area (Å²) in [6.45, 7) is 16.3. The molecule has 0 unspecified atom stereocenters. The molecule has 1 saturated carbocycles. The third-order valence-corrected chi connectivity index (χ3v) is 18.2. The highest BCUT2D eigenvalue weighted by Gasteiger charge is 2.53. The van der Waals surface area contributed by atoms with Gasteiger partial charge in [0.05, 0.1) is 58.7 Å². The Hall–Kier alpha value is -7.20. The number of benzene rings is 1. The molecule has 3 fully saturated rings. The maximum atomic E-state index is 16.2. The lowest BCUT2D eigenvalue weighted by Crippen LogP contribution is -2.48. The van der Waals surface area contributed by atoms with Crippen LogP contribution in [0.3, 0.4) is 0 Å². The number of likely N-dealkylation sites (tertiary alicyclic amines) is 1. The molecule has 5 bridgehead atoms. The number of pyridine rings is 2. The lowest BCUT2D eigenvalue weighted by atomic mass is 9.78. The Morgan fingerprint density at radius 1 is 0.880 bits per heavy atom. The number of phenols is 1. The van der Waals surface area contributed by atoms with E-state index in [1.54, 1.807) is 51.7 Å². The average Bonchev–Trinajstić information content (AvgIpc) is 2.31. The second kappa shape index (κ2) is 23.5. The zero-order valence-corrected chi connectivity index (χ0v) is 48.9. The number of fused-ring (bicyclic) bond motifs is 15. The van der Waals surface area contributed by atoms with Gasteiger partial charge in [-0.2, -0.15) is 0 Å². The van der Waals surface area contributed by atoms with Crippen LogP contribution in [0.25, 0.3) is 5.52 Å². The van der Waals surface area contributed by atoms with E-state index in [2.05, 4.69) is 10.2 Å². The summed E-state index contributed by atoms with van der Waals surface area (Å²) in [5.41, 5.74) is -0.586. The van der Waals surface area contributed by atoms with Crippen LogP contribution in [-0.2, 0) is 23.8 Å². The van der Waals surface area contributed by atoms with Crippen molar-refractivity contribution in [1.29, 1.82) is 0 Å². The Morgan fingerprint density at radius 3 is 2.19 bits per heavy atom. The fourth-order valence-electron chi connectivity index (χ4n) is 13.1. The number of phenolic OH excluding ortho intramolecular Hbond substituents is 1. The number of hydrogen-bond acceptors (Lipinski definition) is 17. The highest BCUT2D eigenvalue weighted by Crippen LogP contribution is 2.50. The average molecular weight is 1150 g/mol. The van der Waals surface area contributed by atoms with Crippen molar-refractivity contribution < 1.29 is 72.5 Å². The molecule has 446 valence electrons. The maximum absolute atomic E-state index is 16.2. The first-order valence-electron chi connectivity index (χ1n) is 28.6. The molecule has 2 aromatic heterocycles. The number of aromatic nitrogens is 1. The maximum Gasteiger partial charge on any atom is 0.341 e. The summed E-state index contributed by atoms with van der Waals surface area (Å²) in [5, 5.41) is 47.5. The summed E-state index contributed by atoms with van der Waals surface area (Å²) >= 11 is 0. The third-order valence-electron chi connectivity index (χ3n) is 18.2. The van der Waals surface area contributed by atoms with Gasteiger partial charge in [0.15, 0.2) is 5.82 Å². The highest BCUT2D eigenvalue weighted by molar-refractivity contribution is 6.32. The molecule has 3 aromatic rings. The van der Waals surface area contributed by atoms with Crippen LogP contribution in [0.15, 0.2) is 64.6 Å². The Kier molecular flexibility index (Phi) is 17.1. The number of hydrogen-bond donors (Lipinski definition) is 5. The molecule has 1 aromatic carbocycles. The molecule has 7 heterocycles. The van der Waals surface area contributed by atoms with E-state index in [4.69, 9.17) is 18.9 Å². The minimum absolute atomic E-state index is 0.0113. The monoisotopic (exact) mass is 1150 g/mol. The van der Waals surface area contributed by atoms with E-state index in [1.165, 1.54) is 59.3 Å². The largest absolute Gasteiger partial charge is 0.507 e. The van der Waals surface area contributed by atoms with E-state index in [-0.39, 0.29) is 70.4 Å². The van der Waals surface area contributed by atoms with Gasteiger partial charge >= 0.3 is 17.7 Å². The lowest BCUT2D eigenvalue weighted by molar-refractivity contribution is -0.160. The summed E-state index contributed by atoms with van der Waals surface area (Å²) in [6, 6.07) is 1.44. The number of aryl methyl sites for hydroxylation is 1. The minimum atomic E-state index is -2.14. The van der Waals surface area contributed by atoms with E-state index < -0.39 is 117 Å². The Bertz CT molecular complexity index is 3370. The summed E-state index contributed by atoms with van der Waals surface area (Å²) in [6.07, 6.45) is 7.82. The number of nitrogens with zero attached hydrogens (tertiary/aromatic N) is 4. The first-order valence-corrected chi connectivity index (χ1v) is 28.6. The second-order valence-corrected chi connectivity index (χ2v) is 23.8. The predicted molar refractivity (Wildman–Crippen MR) is 303 cm³/mol. The molecule has 83 heavy (non-hydrogen) atoms. The topological polar surface area (TPSA) is 263 Å². The number of Topliss-reactive ketones (excluding diaryl/α,β-unsaturated/α-hetero) is 3. The van der Waals surface area contributed by atoms with Gasteiger partial charge < -0.3 is 59.4 Å². The number of allylic oxidation sites excluding steroid dienone is 4. The Morgan fingerprint density at radius 2 is 1.55 bits per heavy atom. The molecule has 2 aliphatic carbocycles. The van der Waals surface area contributed by atoms with E-state index in [0.29, 0.717) is 49.2 Å². The predicted octanol–water partition coefficient (Wildman–Crippen LogP) is 6.52. The number of carboxylic acid groups (broad SMARTS) is 1. The van der Waals surface area contributed by atoms with Crippen LogP contribution in [0.5, 0.6) is 11.5 Å². The number of aliphatic hydroxyl groups is 2. The van der Waals surface area contributed by atoms with Gasteiger partial charge in [-0.15, -0.1) is 0 Å². The third kappa shape index (κ3) is 11.1. The molecule has 5 N–H and O–H groups in total. The van der Waals surface area contributed by atoms with E-state index in [9.17, 15) is 44.4 Å². The summed E-state index contributed by atoms with van der Waals surface area (Å²) < 4.78 is 41.2. The number of aromatic hydroxyl groups is 1. The number of esters is 1. The van der Waals surface area contributed by atoms with Gasteiger partial charge in [0.1, 0.15) is 34.6 Å². The number of piperidine rings is 1. The van der Waals surface area contributed by atoms with Crippen LogP contribution in [0.2, 0.25) is 0 Å². The van der Waals surface area contributed by atoms with Gasteiger partial charge in [0.2, 0.25) is 11.6 Å². The number of ether oxygens (including phenoxy) is 4. The molecule has 1 amide bonds. The number of carbonyl (C=O) groups excluding carboxylic acids is 5. The van der Waals surface area contributed by atoms with Crippen molar-refractivity contribution >= 4 is 46.4 Å². The Balaban J connectivity index is 1.00. The molecule has 21 heteroatoms. The number of nitrogens with one attached hydrogen (secondary N) is 1. The number of halogens is 1. The van der Waals surface area contributed by atoms with Crippen molar-refractivity contribution in [2.24, 2.45) is 29.6 Å². The van der Waals surface area contributed by atoms with Gasteiger partial charge in [-0.3, -0.25) is 33.2 Å². The second-order valence-electron chi connectivity index (χ2n) is 23.8. The van der Waals surface area contributed by atoms with Crippen molar-refractivity contribution in [1.82, 2.24) is 19.5 Å². The number of methoxy groups -OCH3 is 1. The minimum Gasteiger partial charge on any atom is -0.507 e. The van der Waals surface area contributed by atoms with E-state index in [1.807, 2.05) is 11.9 Å². The van der Waals surface area contributed by atoms with Crippen molar-refractivity contribution in [3.05, 3.63) is 115 Å². The molecule has 5 aliphatic heterocycles. The van der Waals surface area contributed by atoms with Gasteiger partial charge in [-0.25, -0.2) is 9.18 Å². The van der Waals surface area contributed by atoms with Crippen LogP contribution < -0.4 is 20.5 Å². The summed E-state index contributed by atoms with van der Waals surface area (Å²) in [5.74, 6) is -11.3. The first-order chi connectivity index (χ1) is 39.2. The van der Waals surface area contributed by atoms with Crippen LogP contribution in [0.1, 0.15) is 145 Å². The number of aromatic carboxylic acids is 1. The van der Waals surface area contributed by atoms with Gasteiger partial charge in [0.25, 0.3) is 17.2 Å². The Labute approximate surface area is 481 Å². The lowest BCUT2D eigenvalue weighted by Gasteiger charge is -2.40. The molecule has 2 saturated heterocycles. The summed E-state index contributed by atoms with van der Waals surface area (Å²) in [7, 11) is 3.42. The van der Waals surface area contributed by atoms with Crippen LogP contribution in [0.4, 0.5) is 10.1 Å². The van der Waals surface area contributed by atoms with Crippen molar-refractivity contribution in [3.8, 4) is 11.5 Å². The van der Waals surface area contributed by atoms with Crippen molar-refractivity contribution in [3.63, 3.8) is 0 Å². The standard InChI is InChI=1S/C62H76FN5O15/c1-29-13-12-14-30(2)59(76)64-47-50(66-22-18-39(19-23-66)65(10)26-37-17-21-67(27-37)49-32(4)48-40(38-15-16-38)25-41(61(78)79)60(77)68(48)28-42(49)63)55(74)44-45(54(47)73)53(72)35(7)57-46(44)58(75)62(9,83-57)81-24-20-43(80-11)31(3)56(82-36(8)69)34(6)52(71)33(5)51(29)70/h12-14,20,24-25,28-29,31,33-34,37-39,43,51-52,56,70-72H,15-19,21-23,26-27H2,1-11H3,(H,64,76)(H,78,79)/b13-12+,24-20+,30-14-/t29-,31+,33+,34+,37-,43-,51-,52+,56+,62-/m0/s1. The number of ketones is 3. The van der Waals surface area contributed by atoms with E-state index in [0.717, 1.165) is 35.4 Å². The van der Waals surface area contributed by atoms with Crippen LogP contribution in [0, 0.1) is 49.3 Å². The van der Waals surface area contributed by atoms with Crippen LogP contribution in [-0.4, -0.2) is 153 Å². The molecule has 20 nitrogen and oxygen atoms in total. The van der Waals surface area contributed by atoms with Gasteiger partial charge in [-0.05, 0) is 95.0 Å². The quantitative estimate of drug-likeness (QED) is 0.143. The molecular weight excluding hydrogens is 1070 g/mol. The number of aliphatic hydroxyl groups excluding tert-OH is 2. The number of anilines is 1. The number of carboxylic acids is 1.